The van der Waals surface area contributed by atoms with Crippen molar-refractivity contribution in [3.8, 4) is 5.75 Å². The van der Waals surface area contributed by atoms with Gasteiger partial charge in [0.15, 0.2) is 5.84 Å². The van der Waals surface area contributed by atoms with Crippen molar-refractivity contribution in [2.24, 2.45) is 10.1 Å². The minimum absolute atomic E-state index is 0.291. The molecule has 1 heterocycles. The fourth-order valence-corrected chi connectivity index (χ4v) is 3.30. The molecule has 140 valence electrons. The molecule has 0 amide bonds. The predicted octanol–water partition coefficient (Wildman–Crippen LogP) is 5.42. The van der Waals surface area contributed by atoms with Gasteiger partial charge in [0.25, 0.3) is 0 Å². The van der Waals surface area contributed by atoms with E-state index in [9.17, 15) is 4.39 Å². The predicted molar refractivity (Wildman–Crippen MR) is 113 cm³/mol. The van der Waals surface area contributed by atoms with E-state index in [1.165, 1.54) is 12.1 Å². The van der Waals surface area contributed by atoms with Crippen LogP contribution in [-0.4, -0.2) is 18.2 Å². The Morgan fingerprint density at radius 1 is 0.964 bits per heavy atom. The van der Waals surface area contributed by atoms with Crippen molar-refractivity contribution in [3.63, 3.8) is 0 Å². The number of hydrogen-bond acceptors (Lipinski definition) is 4. The molecule has 0 spiro atoms. The normalized spacial score (nSPS) is 13.0. The highest BCUT2D eigenvalue weighted by molar-refractivity contribution is 9.10. The van der Waals surface area contributed by atoms with Crippen LogP contribution in [0, 0.1) is 5.82 Å². The van der Waals surface area contributed by atoms with E-state index in [2.05, 4.69) is 26.5 Å². The summed E-state index contributed by atoms with van der Waals surface area (Å²) in [6.07, 6.45) is 0. The Balaban J connectivity index is 1.79. The average Bonchev–Trinajstić information content (AvgIpc) is 2.89. The lowest BCUT2D eigenvalue weighted by Gasteiger charge is -2.09. The van der Waals surface area contributed by atoms with E-state index in [-0.39, 0.29) is 5.82 Å². The van der Waals surface area contributed by atoms with Crippen LogP contribution in [0.15, 0.2) is 81.3 Å². The standard InChI is InChI=1S/C22H17BrFN3O/c1-2-28-18-10-5-14(6-11-18)21-19-13-16(23)7-12-20(19)25-22(27-26-21)15-3-8-17(24)9-4-15/h3-13H,2H2,1H3,(H,25,27). The highest BCUT2D eigenvalue weighted by Gasteiger charge is 2.18. The lowest BCUT2D eigenvalue weighted by molar-refractivity contribution is 0.340. The van der Waals surface area contributed by atoms with Crippen molar-refractivity contribution in [2.45, 2.75) is 6.92 Å². The topological polar surface area (TPSA) is 46.0 Å². The van der Waals surface area contributed by atoms with Gasteiger partial charge in [0.2, 0.25) is 0 Å². The smallest absolute Gasteiger partial charge is 0.154 e. The van der Waals surface area contributed by atoms with Crippen LogP contribution >= 0.6 is 15.9 Å². The zero-order valence-corrected chi connectivity index (χ0v) is 16.7. The molecule has 0 saturated heterocycles. The number of nitrogens with one attached hydrogen (secondary N) is 1. The van der Waals surface area contributed by atoms with Gasteiger partial charge in [-0.3, -0.25) is 5.43 Å². The number of aliphatic imine (C=N–C) groups is 1. The molecule has 28 heavy (non-hydrogen) atoms. The van der Waals surface area contributed by atoms with E-state index in [4.69, 9.17) is 9.73 Å². The Morgan fingerprint density at radius 2 is 1.68 bits per heavy atom. The maximum atomic E-state index is 13.3. The largest absolute Gasteiger partial charge is 0.494 e. The Morgan fingerprint density at radius 3 is 2.39 bits per heavy atom. The van der Waals surface area contributed by atoms with Crippen LogP contribution in [0.5, 0.6) is 5.75 Å². The van der Waals surface area contributed by atoms with Gasteiger partial charge in [-0.1, -0.05) is 15.9 Å². The molecule has 0 atom stereocenters. The highest BCUT2D eigenvalue weighted by Crippen LogP contribution is 2.29. The molecule has 0 aromatic heterocycles. The molecule has 0 saturated carbocycles. The van der Waals surface area contributed by atoms with Gasteiger partial charge in [-0.2, -0.15) is 5.10 Å². The van der Waals surface area contributed by atoms with Crippen molar-refractivity contribution in [1.29, 1.82) is 0 Å². The molecule has 6 heteroatoms. The molecule has 0 unspecified atom stereocenters. The third-order valence-corrected chi connectivity index (χ3v) is 4.77. The molecule has 1 aliphatic heterocycles. The number of hydrogen-bond donors (Lipinski definition) is 1. The van der Waals surface area contributed by atoms with E-state index in [0.29, 0.717) is 12.4 Å². The summed E-state index contributed by atoms with van der Waals surface area (Å²) in [6, 6.07) is 19.8. The van der Waals surface area contributed by atoms with Crippen LogP contribution < -0.4 is 10.2 Å². The lowest BCUT2D eigenvalue weighted by Crippen LogP contribution is -2.19. The number of ether oxygens (including phenoxy) is 1. The van der Waals surface area contributed by atoms with Crippen LogP contribution in [0.3, 0.4) is 0 Å². The SMILES string of the molecule is CCOc1ccc(C2=NNC(c3ccc(F)cc3)=Nc3ccc(Br)cc32)cc1. The summed E-state index contributed by atoms with van der Waals surface area (Å²) in [4.78, 5) is 4.73. The number of halogens is 2. The highest BCUT2D eigenvalue weighted by atomic mass is 79.9. The van der Waals surface area contributed by atoms with Gasteiger partial charge < -0.3 is 4.74 Å². The molecule has 4 nitrogen and oxygen atoms in total. The van der Waals surface area contributed by atoms with Gasteiger partial charge in [0.05, 0.1) is 12.3 Å². The first kappa shape index (κ1) is 18.4. The summed E-state index contributed by atoms with van der Waals surface area (Å²) in [5.41, 5.74) is 7.17. The zero-order chi connectivity index (χ0) is 19.5. The Bertz CT molecular complexity index is 1060. The average molecular weight is 438 g/mol. The number of amidine groups is 1. The molecule has 1 aliphatic rings. The second-order valence-electron chi connectivity index (χ2n) is 6.16. The molecule has 1 N–H and O–H groups in total. The van der Waals surface area contributed by atoms with Crippen molar-refractivity contribution in [2.75, 3.05) is 6.61 Å². The molecule has 0 bridgehead atoms. The maximum absolute atomic E-state index is 13.3. The van der Waals surface area contributed by atoms with Gasteiger partial charge in [-0.25, -0.2) is 9.38 Å². The second-order valence-corrected chi connectivity index (χ2v) is 7.07. The number of nitrogens with zero attached hydrogens (tertiary/aromatic N) is 2. The summed E-state index contributed by atoms with van der Waals surface area (Å²) < 4.78 is 19.8. The lowest BCUT2D eigenvalue weighted by atomic mass is 10.0. The number of hydrazone groups is 1. The molecular weight excluding hydrogens is 421 g/mol. The molecule has 3 aromatic rings. The van der Waals surface area contributed by atoms with Crippen molar-refractivity contribution in [1.82, 2.24) is 5.43 Å². The van der Waals surface area contributed by atoms with E-state index >= 15 is 0 Å². The van der Waals surface area contributed by atoms with Gasteiger partial charge in [0, 0.05) is 21.2 Å². The first-order chi connectivity index (χ1) is 13.6. The third kappa shape index (κ3) is 3.82. The first-order valence-electron chi connectivity index (χ1n) is 8.85. The van der Waals surface area contributed by atoms with Crippen molar-refractivity contribution in [3.05, 3.63) is 93.7 Å². The number of rotatable bonds is 4. The maximum Gasteiger partial charge on any atom is 0.154 e. The summed E-state index contributed by atoms with van der Waals surface area (Å²) in [5, 5.41) is 4.61. The van der Waals surface area contributed by atoms with E-state index in [0.717, 1.165) is 38.3 Å². The van der Waals surface area contributed by atoms with Crippen LogP contribution in [0.2, 0.25) is 0 Å². The van der Waals surface area contributed by atoms with E-state index in [1.54, 1.807) is 12.1 Å². The van der Waals surface area contributed by atoms with Crippen LogP contribution in [0.4, 0.5) is 10.1 Å². The van der Waals surface area contributed by atoms with Crippen LogP contribution in [-0.2, 0) is 0 Å². The second kappa shape index (κ2) is 7.94. The third-order valence-electron chi connectivity index (χ3n) is 4.28. The Labute approximate surface area is 170 Å². The molecule has 0 radical (unpaired) electrons. The fourth-order valence-electron chi connectivity index (χ4n) is 2.94. The summed E-state index contributed by atoms with van der Waals surface area (Å²) in [5.74, 6) is 1.08. The number of fused-ring (bicyclic) bond motifs is 1. The molecule has 4 rings (SSSR count). The van der Waals surface area contributed by atoms with Crippen LogP contribution in [0.25, 0.3) is 0 Å². The first-order valence-corrected chi connectivity index (χ1v) is 9.65. The molecule has 3 aromatic carbocycles. The van der Waals surface area contributed by atoms with Gasteiger partial charge in [-0.15, -0.1) is 0 Å². The fraction of sp³-hybridized carbons (Fsp3) is 0.0909. The Hall–Kier alpha value is -2.99. The van der Waals surface area contributed by atoms with Gasteiger partial charge in [-0.05, 0) is 73.7 Å². The van der Waals surface area contributed by atoms with Gasteiger partial charge in [0.1, 0.15) is 17.3 Å². The summed E-state index contributed by atoms with van der Waals surface area (Å²) in [7, 11) is 0. The molecule has 0 fully saturated rings. The quantitative estimate of drug-likeness (QED) is 0.591. The number of benzene rings is 3. The molecule has 0 aliphatic carbocycles. The van der Waals surface area contributed by atoms with E-state index in [1.807, 2.05) is 49.4 Å². The van der Waals surface area contributed by atoms with Gasteiger partial charge >= 0.3 is 0 Å². The van der Waals surface area contributed by atoms with Crippen molar-refractivity contribution < 1.29 is 9.13 Å². The minimum Gasteiger partial charge on any atom is -0.494 e. The minimum atomic E-state index is -0.291. The molecular formula is C22H17BrFN3O. The van der Waals surface area contributed by atoms with E-state index < -0.39 is 0 Å². The Kier molecular flexibility index (Phi) is 5.21. The van der Waals surface area contributed by atoms with Crippen LogP contribution in [0.1, 0.15) is 23.6 Å². The zero-order valence-electron chi connectivity index (χ0n) is 15.1. The summed E-state index contributed by atoms with van der Waals surface area (Å²) >= 11 is 3.53. The van der Waals surface area contributed by atoms with Crippen molar-refractivity contribution >= 4 is 33.2 Å². The summed E-state index contributed by atoms with van der Waals surface area (Å²) in [6.45, 7) is 2.57. The monoisotopic (exact) mass is 437 g/mol.